The zero-order chi connectivity index (χ0) is 93.1. The summed E-state index contributed by atoms with van der Waals surface area (Å²) in [6.45, 7) is 41.5. The smallest absolute Gasteiger partial charge is 0.197 e. The molecule has 0 heterocycles. The maximum Gasteiger partial charge on any atom is 0.197 e. The summed E-state index contributed by atoms with van der Waals surface area (Å²) >= 11 is 0. The van der Waals surface area contributed by atoms with Crippen molar-refractivity contribution in [3.05, 3.63) is 341 Å². The number of methoxy groups -OCH3 is 1. The second kappa shape index (κ2) is 51.5. The number of hydrogen-bond acceptors (Lipinski definition) is 13. The zero-order valence-electron chi connectivity index (χ0n) is 81.1. The molecule has 12 unspecified atom stereocenters. The van der Waals surface area contributed by atoms with Crippen molar-refractivity contribution in [2.24, 2.45) is 5.92 Å². The SMILES string of the molecule is CC(OCCc1ccccc1)Oc1ccc2c(c1)CC(C)C2C.CCC(C)c1ccc(OC(C)OCc2ccccc2)c2ccccc12.CCC(C)c1cccc2c(OC(C)OCCc3ccc(OC)cc3)cccc12.CCC(C)c1cccc2c(OC(C)OCc3c4ccccc4cc4ccccc34)cccc12.CCOC(C)Oc1ccc(C(C)CC)cc1OC(C)OCC. The van der Waals surface area contributed by atoms with Crippen LogP contribution in [0.3, 0.4) is 0 Å². The van der Waals surface area contributed by atoms with Crippen molar-refractivity contribution in [1.29, 1.82) is 0 Å². The lowest BCUT2D eigenvalue weighted by Gasteiger charge is -2.21. The molecule has 1 aliphatic carbocycles. The van der Waals surface area contributed by atoms with Gasteiger partial charge in [-0.25, -0.2) is 0 Å². The summed E-state index contributed by atoms with van der Waals surface area (Å²) in [5, 5.41) is 12.1. The summed E-state index contributed by atoms with van der Waals surface area (Å²) in [6.07, 6.45) is 5.49. The Morgan fingerprint density at radius 3 is 1.19 bits per heavy atom. The quantitative estimate of drug-likeness (QED) is 0.0269. The van der Waals surface area contributed by atoms with Gasteiger partial charge in [0.2, 0.25) is 0 Å². The van der Waals surface area contributed by atoms with Gasteiger partial charge in [-0.2, -0.15) is 0 Å². The highest BCUT2D eigenvalue weighted by atomic mass is 16.7. The molecular formula is C118H142O13. The normalized spacial score (nSPS) is 15.0. The van der Waals surface area contributed by atoms with Crippen LogP contribution in [0.2, 0.25) is 0 Å². The second-order valence-corrected chi connectivity index (χ2v) is 34.4. The summed E-state index contributed by atoms with van der Waals surface area (Å²) in [4.78, 5) is 0. The fraction of sp³-hybridized carbons (Fsp3) is 0.373. The van der Waals surface area contributed by atoms with Crippen molar-refractivity contribution < 1.29 is 61.6 Å². The molecule has 1 aliphatic rings. The van der Waals surface area contributed by atoms with E-state index in [0.29, 0.717) is 80.7 Å². The number of hydrogen-bond donors (Lipinski definition) is 0. The molecular weight excluding hydrogens is 1630 g/mol. The van der Waals surface area contributed by atoms with Crippen LogP contribution < -0.4 is 33.2 Å². The van der Waals surface area contributed by atoms with Crippen molar-refractivity contribution in [2.75, 3.05) is 33.5 Å². The van der Waals surface area contributed by atoms with Gasteiger partial charge >= 0.3 is 0 Å². The summed E-state index contributed by atoms with van der Waals surface area (Å²) in [5.74, 6) is 9.20. The van der Waals surface area contributed by atoms with E-state index in [1.165, 1.54) is 87.8 Å². The highest BCUT2D eigenvalue weighted by molar-refractivity contribution is 6.02. The topological polar surface area (TPSA) is 120 Å². The Morgan fingerprint density at radius 2 is 0.679 bits per heavy atom. The van der Waals surface area contributed by atoms with Crippen molar-refractivity contribution >= 4 is 53.9 Å². The number of ether oxygens (including phenoxy) is 13. The summed E-state index contributed by atoms with van der Waals surface area (Å²) in [5.41, 5.74) is 13.1. The lowest BCUT2D eigenvalue weighted by molar-refractivity contribution is -0.0766. The van der Waals surface area contributed by atoms with E-state index in [4.69, 9.17) is 61.6 Å². The standard InChI is InChI=1S/C31H30O2.C25H30O3.C23H26O2.C21H26O2.C18H30O4/c1-4-21(2)25-15-9-17-29-28(25)16-10-18-31(29)33-22(3)32-20-30-26-13-7-5-11-23(26)19-24-12-6-8-14-27(24)30;1-5-18(2)22-8-6-10-24-23(22)9-7-11-25(24)28-19(3)27-17-16-20-12-14-21(26-4)15-13-20;1-4-17(2)20-14-15-23(22-13-9-8-12-21(20)22)25-18(3)24-16-19-10-6-5-7-11-19;1-15-13-19-14-20(9-10-21(19)16(15)2)23-17(3)22-12-11-18-7-5-4-6-8-18;1-7-13(4)16-10-11-17(21-14(5)19-8-2)18(12-16)22-15(6)20-9-3/h5-19,21-22H,4,20H2,1-3H3;6-15,18-19H,5,16-17H2,1-4H3;5-15,17-18H,4,16H2,1-3H3;4-10,14-17H,11-13H2,1-3H3;10-15H,7-9H2,1-6H3. The number of benzene rings is 14. The maximum atomic E-state index is 6.32. The molecule has 14 aromatic rings. The van der Waals surface area contributed by atoms with E-state index in [1.54, 1.807) is 7.11 Å². The van der Waals surface area contributed by atoms with E-state index in [-0.39, 0.29) is 37.7 Å². The lowest BCUT2D eigenvalue weighted by Crippen LogP contribution is -2.19. The fourth-order valence-electron chi connectivity index (χ4n) is 16.7. The third kappa shape index (κ3) is 28.9. The predicted octanol–water partition coefficient (Wildman–Crippen LogP) is 30.9. The molecule has 0 aliphatic heterocycles. The van der Waals surface area contributed by atoms with Gasteiger partial charge in [0.25, 0.3) is 0 Å². The van der Waals surface area contributed by atoms with Crippen LogP contribution >= 0.6 is 0 Å². The van der Waals surface area contributed by atoms with Gasteiger partial charge in [-0.3, -0.25) is 0 Å². The average molecular weight is 1770 g/mol. The van der Waals surface area contributed by atoms with E-state index in [1.807, 2.05) is 116 Å². The number of rotatable bonds is 39. The molecule has 12 atom stereocenters. The molecule has 0 N–H and O–H groups in total. The Morgan fingerprint density at radius 1 is 0.290 bits per heavy atom. The van der Waals surface area contributed by atoms with Crippen LogP contribution in [0.15, 0.2) is 285 Å². The molecule has 0 saturated carbocycles. The fourth-order valence-corrected chi connectivity index (χ4v) is 16.7. The Hall–Kier alpha value is -11.3. The van der Waals surface area contributed by atoms with Crippen LogP contribution in [-0.2, 0) is 60.9 Å². The minimum absolute atomic E-state index is 0.229. The van der Waals surface area contributed by atoms with Gasteiger partial charge in [0, 0.05) is 29.4 Å². The molecule has 13 heteroatoms. The highest BCUT2D eigenvalue weighted by Gasteiger charge is 2.27. The molecule has 692 valence electrons. The van der Waals surface area contributed by atoms with Crippen LogP contribution in [0, 0.1) is 5.92 Å². The maximum absolute atomic E-state index is 6.32. The molecule has 0 bridgehead atoms. The first-order valence-corrected chi connectivity index (χ1v) is 47.7. The van der Waals surface area contributed by atoms with Crippen molar-refractivity contribution in [2.45, 2.75) is 250 Å². The zero-order valence-corrected chi connectivity index (χ0v) is 81.1. The monoisotopic (exact) mass is 1770 g/mol. The molecule has 14 aromatic carbocycles. The van der Waals surface area contributed by atoms with Crippen LogP contribution in [0.4, 0.5) is 0 Å². The van der Waals surface area contributed by atoms with Crippen LogP contribution in [0.1, 0.15) is 236 Å². The molecule has 0 spiro atoms. The van der Waals surface area contributed by atoms with Gasteiger partial charge in [0.15, 0.2) is 49.2 Å². The van der Waals surface area contributed by atoms with Crippen molar-refractivity contribution in [3.63, 3.8) is 0 Å². The lowest BCUT2D eigenvalue weighted by atomic mass is 9.93. The van der Waals surface area contributed by atoms with Crippen molar-refractivity contribution in [3.8, 4) is 40.2 Å². The Bertz CT molecular complexity index is 5720. The van der Waals surface area contributed by atoms with Crippen molar-refractivity contribution in [1.82, 2.24) is 0 Å². The van der Waals surface area contributed by atoms with E-state index < -0.39 is 0 Å². The first kappa shape index (κ1) is 100. The average Bonchev–Trinajstić information content (AvgIpc) is 1.42. The van der Waals surface area contributed by atoms with Gasteiger partial charge < -0.3 is 61.6 Å². The molecule has 0 amide bonds. The molecule has 0 fully saturated rings. The predicted molar refractivity (Wildman–Crippen MR) is 541 cm³/mol. The minimum Gasteiger partial charge on any atom is -0.497 e. The molecule has 131 heavy (non-hydrogen) atoms. The van der Waals surface area contributed by atoms with E-state index in [0.717, 1.165) is 101 Å². The largest absolute Gasteiger partial charge is 0.497 e. The third-order valence-electron chi connectivity index (χ3n) is 25.1. The Kier molecular flexibility index (Phi) is 39.4. The number of fused-ring (bicyclic) bond motifs is 6. The van der Waals surface area contributed by atoms with Gasteiger partial charge in [-0.1, -0.05) is 294 Å². The first-order valence-electron chi connectivity index (χ1n) is 47.7. The third-order valence-corrected chi connectivity index (χ3v) is 25.1. The molecule has 0 aromatic heterocycles. The summed E-state index contributed by atoms with van der Waals surface area (Å²) in [6, 6.07) is 98.7. The second-order valence-electron chi connectivity index (χ2n) is 34.4. The summed E-state index contributed by atoms with van der Waals surface area (Å²) < 4.78 is 76.1. The molecule has 0 saturated heterocycles. The Labute approximate surface area is 781 Å². The van der Waals surface area contributed by atoms with Crippen LogP contribution in [-0.4, -0.2) is 71.3 Å². The van der Waals surface area contributed by atoms with Gasteiger partial charge in [-0.15, -0.1) is 0 Å². The van der Waals surface area contributed by atoms with E-state index in [9.17, 15) is 0 Å². The van der Waals surface area contributed by atoms with Gasteiger partial charge in [0.1, 0.15) is 28.7 Å². The Balaban J connectivity index is 0.000000159. The molecule has 13 nitrogen and oxygen atoms in total. The highest BCUT2D eigenvalue weighted by Crippen LogP contribution is 2.42. The van der Waals surface area contributed by atoms with E-state index in [2.05, 4.69) is 294 Å². The summed E-state index contributed by atoms with van der Waals surface area (Å²) in [7, 11) is 1.68. The van der Waals surface area contributed by atoms with E-state index >= 15 is 0 Å². The van der Waals surface area contributed by atoms with Gasteiger partial charge in [0.05, 0.1) is 33.5 Å². The van der Waals surface area contributed by atoms with Crippen LogP contribution in [0.5, 0.6) is 40.2 Å². The minimum atomic E-state index is -0.374. The molecule has 0 radical (unpaired) electrons. The van der Waals surface area contributed by atoms with Gasteiger partial charge in [-0.05, 0) is 290 Å². The first-order chi connectivity index (χ1) is 63.6. The molecule has 15 rings (SSSR count). The van der Waals surface area contributed by atoms with Crippen LogP contribution in [0.25, 0.3) is 53.9 Å².